The molecule has 4 N–H and O–H groups in total. The van der Waals surface area contributed by atoms with Crippen molar-refractivity contribution in [3.8, 4) is 0 Å². The largest absolute Gasteiger partial charge is 0.324 e. The molecule has 2 rings (SSSR count). The van der Waals surface area contributed by atoms with Crippen molar-refractivity contribution in [1.82, 2.24) is 4.98 Å². The van der Waals surface area contributed by atoms with Crippen molar-refractivity contribution in [2.75, 3.05) is 10.1 Å². The summed E-state index contributed by atoms with van der Waals surface area (Å²) in [6.45, 7) is 0. The molecule has 0 aliphatic rings. The molecular formula is C11H12N4O2S. The van der Waals surface area contributed by atoms with E-state index in [4.69, 9.17) is 5.84 Å². The summed E-state index contributed by atoms with van der Waals surface area (Å²) in [6.07, 6.45) is 1.51. The molecule has 0 saturated heterocycles. The van der Waals surface area contributed by atoms with Gasteiger partial charge in [-0.1, -0.05) is 6.07 Å². The van der Waals surface area contributed by atoms with Gasteiger partial charge in [0, 0.05) is 11.9 Å². The number of rotatable bonds is 4. The van der Waals surface area contributed by atoms with Gasteiger partial charge in [0.05, 0.1) is 4.90 Å². The SMILES string of the molecule is NNc1ccc(S(=O)(=O)Nc2ccccn2)cc1. The lowest BCUT2D eigenvalue weighted by atomic mass is 10.3. The monoisotopic (exact) mass is 264 g/mol. The van der Waals surface area contributed by atoms with Gasteiger partial charge in [-0.05, 0) is 36.4 Å². The third-order valence-electron chi connectivity index (χ3n) is 2.24. The molecular weight excluding hydrogens is 252 g/mol. The Kier molecular flexibility index (Phi) is 3.45. The second-order valence-corrected chi connectivity index (χ2v) is 5.17. The summed E-state index contributed by atoms with van der Waals surface area (Å²) in [4.78, 5) is 4.05. The molecule has 0 saturated carbocycles. The lowest BCUT2D eigenvalue weighted by Crippen LogP contribution is -2.14. The Morgan fingerprint density at radius 2 is 1.78 bits per heavy atom. The summed E-state index contributed by atoms with van der Waals surface area (Å²) in [5.74, 6) is 5.48. The van der Waals surface area contributed by atoms with Crippen molar-refractivity contribution in [3.63, 3.8) is 0 Å². The number of hydrazine groups is 1. The quantitative estimate of drug-likeness (QED) is 0.569. The van der Waals surface area contributed by atoms with E-state index in [2.05, 4.69) is 15.1 Å². The highest BCUT2D eigenvalue weighted by atomic mass is 32.2. The maximum absolute atomic E-state index is 12.0. The van der Waals surface area contributed by atoms with Crippen LogP contribution in [0.2, 0.25) is 0 Å². The normalized spacial score (nSPS) is 10.9. The minimum absolute atomic E-state index is 0.146. The smallest absolute Gasteiger partial charge is 0.263 e. The molecule has 6 nitrogen and oxygen atoms in total. The molecule has 0 aliphatic heterocycles. The van der Waals surface area contributed by atoms with Gasteiger partial charge in [0.2, 0.25) is 0 Å². The predicted molar refractivity (Wildman–Crippen MR) is 69.3 cm³/mol. The molecule has 0 aliphatic carbocycles. The number of nitrogen functional groups attached to an aromatic ring is 1. The third-order valence-corrected chi connectivity index (χ3v) is 3.61. The molecule has 1 heterocycles. The predicted octanol–water partition coefficient (Wildman–Crippen LogP) is 1.17. The van der Waals surface area contributed by atoms with Crippen LogP contribution in [-0.4, -0.2) is 13.4 Å². The fourth-order valence-corrected chi connectivity index (χ4v) is 2.36. The molecule has 0 spiro atoms. The molecule has 0 fully saturated rings. The van der Waals surface area contributed by atoms with E-state index < -0.39 is 10.0 Å². The molecule has 0 amide bonds. The van der Waals surface area contributed by atoms with Crippen LogP contribution < -0.4 is 16.0 Å². The van der Waals surface area contributed by atoms with E-state index >= 15 is 0 Å². The van der Waals surface area contributed by atoms with Crippen LogP contribution in [0.25, 0.3) is 0 Å². The standard InChI is InChI=1S/C11H12N4O2S/c12-14-9-4-6-10(7-5-9)18(16,17)15-11-3-1-2-8-13-11/h1-8,14H,12H2,(H,13,15). The van der Waals surface area contributed by atoms with Crippen molar-refractivity contribution in [3.05, 3.63) is 48.7 Å². The molecule has 0 bridgehead atoms. The van der Waals surface area contributed by atoms with Crippen LogP contribution in [0.1, 0.15) is 0 Å². The molecule has 1 aromatic carbocycles. The fraction of sp³-hybridized carbons (Fsp3) is 0. The van der Waals surface area contributed by atoms with Gasteiger partial charge >= 0.3 is 0 Å². The van der Waals surface area contributed by atoms with Gasteiger partial charge in [-0.15, -0.1) is 0 Å². The summed E-state index contributed by atoms with van der Waals surface area (Å²) >= 11 is 0. The highest BCUT2D eigenvalue weighted by Crippen LogP contribution is 2.16. The zero-order chi connectivity index (χ0) is 13.0. The topological polar surface area (TPSA) is 97.1 Å². The number of pyridine rings is 1. The highest BCUT2D eigenvalue weighted by Gasteiger charge is 2.14. The lowest BCUT2D eigenvalue weighted by molar-refractivity contribution is 0.601. The van der Waals surface area contributed by atoms with Crippen LogP contribution in [0.3, 0.4) is 0 Å². The molecule has 2 aromatic rings. The number of nitrogens with zero attached hydrogens (tertiary/aromatic N) is 1. The highest BCUT2D eigenvalue weighted by molar-refractivity contribution is 7.92. The van der Waals surface area contributed by atoms with Crippen molar-refractivity contribution >= 4 is 21.5 Å². The molecule has 0 unspecified atom stereocenters. The lowest BCUT2D eigenvalue weighted by Gasteiger charge is -2.07. The Morgan fingerprint density at radius 1 is 1.06 bits per heavy atom. The average molecular weight is 264 g/mol. The van der Waals surface area contributed by atoms with E-state index in [0.29, 0.717) is 5.69 Å². The van der Waals surface area contributed by atoms with E-state index in [1.54, 1.807) is 30.3 Å². The number of benzene rings is 1. The second kappa shape index (κ2) is 5.03. The van der Waals surface area contributed by atoms with Gasteiger partial charge in [-0.25, -0.2) is 13.4 Å². The number of aromatic nitrogens is 1. The van der Waals surface area contributed by atoms with E-state index in [1.165, 1.54) is 18.3 Å². The summed E-state index contributed by atoms with van der Waals surface area (Å²) in [5.41, 5.74) is 3.06. The molecule has 94 valence electrons. The van der Waals surface area contributed by atoms with Gasteiger partial charge in [0.25, 0.3) is 10.0 Å². The van der Waals surface area contributed by atoms with Crippen LogP contribution in [0.4, 0.5) is 11.5 Å². The van der Waals surface area contributed by atoms with Crippen LogP contribution >= 0.6 is 0 Å². The minimum atomic E-state index is -3.62. The summed E-state index contributed by atoms with van der Waals surface area (Å²) < 4.78 is 26.4. The first-order valence-electron chi connectivity index (χ1n) is 5.12. The average Bonchev–Trinajstić information content (AvgIpc) is 2.39. The fourth-order valence-electron chi connectivity index (χ4n) is 1.35. The van der Waals surface area contributed by atoms with Crippen LogP contribution in [0, 0.1) is 0 Å². The third kappa shape index (κ3) is 2.76. The van der Waals surface area contributed by atoms with Crippen LogP contribution in [-0.2, 0) is 10.0 Å². The first-order chi connectivity index (χ1) is 8.62. The van der Waals surface area contributed by atoms with Crippen molar-refractivity contribution in [2.24, 2.45) is 5.84 Å². The zero-order valence-electron chi connectivity index (χ0n) is 9.37. The van der Waals surface area contributed by atoms with E-state index in [-0.39, 0.29) is 10.7 Å². The first kappa shape index (κ1) is 12.3. The number of nitrogens with two attached hydrogens (primary N) is 1. The van der Waals surface area contributed by atoms with Crippen LogP contribution in [0.5, 0.6) is 0 Å². The van der Waals surface area contributed by atoms with Crippen molar-refractivity contribution < 1.29 is 8.42 Å². The van der Waals surface area contributed by atoms with Gasteiger partial charge < -0.3 is 5.43 Å². The Balaban J connectivity index is 2.25. The Bertz CT molecular complexity index is 611. The number of sulfonamides is 1. The number of hydrogen-bond acceptors (Lipinski definition) is 5. The molecule has 1 aromatic heterocycles. The van der Waals surface area contributed by atoms with Gasteiger partial charge in [-0.2, -0.15) is 0 Å². The van der Waals surface area contributed by atoms with Crippen LogP contribution in [0.15, 0.2) is 53.6 Å². The van der Waals surface area contributed by atoms with Crippen molar-refractivity contribution in [1.29, 1.82) is 0 Å². The number of anilines is 2. The summed E-state index contributed by atoms with van der Waals surface area (Å²) in [6, 6.07) is 11.1. The molecule has 18 heavy (non-hydrogen) atoms. The number of nitrogens with one attached hydrogen (secondary N) is 2. The summed E-state index contributed by atoms with van der Waals surface area (Å²) in [7, 11) is -3.62. The Morgan fingerprint density at radius 3 is 2.33 bits per heavy atom. The van der Waals surface area contributed by atoms with Gasteiger partial charge in [-0.3, -0.25) is 10.6 Å². The van der Waals surface area contributed by atoms with E-state index in [1.807, 2.05) is 0 Å². The van der Waals surface area contributed by atoms with E-state index in [0.717, 1.165) is 0 Å². The van der Waals surface area contributed by atoms with Crippen molar-refractivity contribution in [2.45, 2.75) is 4.90 Å². The molecule has 0 atom stereocenters. The zero-order valence-corrected chi connectivity index (χ0v) is 10.2. The molecule has 0 radical (unpaired) electrons. The first-order valence-corrected chi connectivity index (χ1v) is 6.61. The van der Waals surface area contributed by atoms with Gasteiger partial charge in [0.15, 0.2) is 0 Å². The Labute approximate surface area is 105 Å². The maximum Gasteiger partial charge on any atom is 0.263 e. The maximum atomic E-state index is 12.0. The summed E-state index contributed by atoms with van der Waals surface area (Å²) in [5, 5.41) is 0. The van der Waals surface area contributed by atoms with E-state index in [9.17, 15) is 8.42 Å². The second-order valence-electron chi connectivity index (χ2n) is 3.49. The van der Waals surface area contributed by atoms with Gasteiger partial charge in [0.1, 0.15) is 5.82 Å². The molecule has 7 heteroatoms. The minimum Gasteiger partial charge on any atom is -0.324 e. The number of hydrogen-bond donors (Lipinski definition) is 3. The Hall–Kier alpha value is -2.12.